The van der Waals surface area contributed by atoms with E-state index < -0.39 is 149 Å². The van der Waals surface area contributed by atoms with Crippen LogP contribution in [0.5, 0.6) is 0 Å². The van der Waals surface area contributed by atoms with Gasteiger partial charge in [-0.05, 0) is 38.1 Å². The van der Waals surface area contributed by atoms with E-state index in [1.54, 1.807) is 20.8 Å². The summed E-state index contributed by atoms with van der Waals surface area (Å²) in [5.41, 5.74) is -1.05. The van der Waals surface area contributed by atoms with Crippen molar-refractivity contribution in [1.29, 1.82) is 0 Å². The van der Waals surface area contributed by atoms with Crippen LogP contribution in [0.15, 0.2) is 115 Å². The summed E-state index contributed by atoms with van der Waals surface area (Å²) in [6.07, 6.45) is -0.218. The zero-order valence-corrected chi connectivity index (χ0v) is 17.7. The molecule has 30 heavy (non-hydrogen) atoms. The molecule has 0 heterocycles. The van der Waals surface area contributed by atoms with E-state index in [9.17, 15) is 1.37 Å². The first-order valence-corrected chi connectivity index (χ1v) is 11.2. The van der Waals surface area contributed by atoms with Crippen LogP contribution in [0.4, 0.5) is 0 Å². The first kappa shape index (κ1) is 7.66. The fraction of sp³-hybridized carbons (Fsp3) is 0.172. The van der Waals surface area contributed by atoms with Gasteiger partial charge in [-0.3, -0.25) is 0 Å². The van der Waals surface area contributed by atoms with Gasteiger partial charge < -0.3 is 0 Å². The molecule has 0 nitrogen and oxygen atoms in total. The smallest absolute Gasteiger partial charge is 0.0623 e. The third-order valence-electron chi connectivity index (χ3n) is 4.47. The average molecular weight is 426 g/mol. The van der Waals surface area contributed by atoms with E-state index in [0.29, 0.717) is 0 Å². The molecule has 0 aliphatic heterocycles. The maximum absolute atomic E-state index is 9.34. The molecule has 150 valence electrons. The molecule has 0 amide bonds. The van der Waals surface area contributed by atoms with Gasteiger partial charge in [0.15, 0.2) is 8.07 Å². The van der Waals surface area contributed by atoms with Gasteiger partial charge in [-0.1, -0.05) is 136 Å². The summed E-state index contributed by atoms with van der Waals surface area (Å²) in [6, 6.07) is -17.7. The van der Waals surface area contributed by atoms with Gasteiger partial charge in [0.2, 0.25) is 0 Å². The molecule has 0 aliphatic carbocycles. The van der Waals surface area contributed by atoms with Crippen LogP contribution in [0, 0.1) is 5.41 Å². The summed E-state index contributed by atoms with van der Waals surface area (Å²) in [5, 5.41) is -2.99. The molecule has 4 aromatic rings. The van der Waals surface area contributed by atoms with Gasteiger partial charge >= 0.3 is 0 Å². The van der Waals surface area contributed by atoms with Crippen molar-refractivity contribution in [1.82, 2.24) is 0 Å². The van der Waals surface area contributed by atoms with Crippen LogP contribution in [0.25, 0.3) is 0 Å². The van der Waals surface area contributed by atoms with E-state index >= 15 is 0 Å². The number of benzene rings is 4. The zero-order valence-electron chi connectivity index (χ0n) is 35.7. The van der Waals surface area contributed by atoms with Crippen molar-refractivity contribution in [3.63, 3.8) is 0 Å². The van der Waals surface area contributed by atoms with Crippen LogP contribution >= 0.6 is 0 Å². The van der Waals surface area contributed by atoms with Crippen molar-refractivity contribution in [3.05, 3.63) is 120 Å². The lowest BCUT2D eigenvalue weighted by molar-refractivity contribution is 0.412. The molecule has 0 spiro atoms. The van der Waals surface area contributed by atoms with Crippen LogP contribution in [-0.4, -0.2) is 8.07 Å². The van der Waals surface area contributed by atoms with Gasteiger partial charge in [-0.15, -0.1) is 0 Å². The van der Waals surface area contributed by atoms with E-state index in [-0.39, 0.29) is 12.0 Å². The monoisotopic (exact) mass is 425 g/mol. The van der Waals surface area contributed by atoms with Crippen LogP contribution in [0.3, 0.4) is 0 Å². The van der Waals surface area contributed by atoms with E-state index in [0.717, 1.165) is 0 Å². The van der Waals surface area contributed by atoms with Gasteiger partial charge in [0.05, 0.1) is 26.0 Å². The van der Waals surface area contributed by atoms with Crippen molar-refractivity contribution < 1.29 is 26.0 Å². The second kappa shape index (κ2) is 8.45. The molecule has 0 bridgehead atoms. The quantitative estimate of drug-likeness (QED) is 0.322. The number of rotatable bonds is 5. The lowest BCUT2D eigenvalue weighted by Crippen LogP contribution is -2.75. The summed E-state index contributed by atoms with van der Waals surface area (Å²) < 4.78 is 167. The Bertz CT molecular complexity index is 1830. The molecule has 0 N–H and O–H groups in total. The zero-order chi connectivity index (χ0) is 37.6. The van der Waals surface area contributed by atoms with E-state index in [1.165, 1.54) is 0 Å². The minimum absolute atomic E-state index is 0.218. The Balaban J connectivity index is 2.73. The highest BCUT2D eigenvalue weighted by Gasteiger charge is 2.42. The molecule has 0 saturated heterocycles. The predicted molar refractivity (Wildman–Crippen MR) is 133 cm³/mol. The molecule has 0 unspecified atom stereocenters. The number of hydrogen-bond donors (Lipinski definition) is 0. The summed E-state index contributed by atoms with van der Waals surface area (Å²) in [7, 11) is -5.70. The molecule has 0 radical (unpaired) electrons. The number of hydrogen-bond acceptors (Lipinski definition) is 0. The van der Waals surface area contributed by atoms with E-state index in [1.807, 2.05) is 0 Å². The predicted octanol–water partition coefficient (Wildman–Crippen LogP) is 4.65. The fourth-order valence-corrected chi connectivity index (χ4v) is 7.24. The van der Waals surface area contributed by atoms with Gasteiger partial charge in [0.25, 0.3) is 0 Å². The molecule has 0 atom stereocenters. The minimum Gasteiger partial charge on any atom is -0.0623 e. The molecule has 0 fully saturated rings. The van der Waals surface area contributed by atoms with Crippen LogP contribution in [0.1, 0.15) is 52.4 Å². The largest absolute Gasteiger partial charge is 0.179 e. The van der Waals surface area contributed by atoms with E-state index in [2.05, 4.69) is 0 Å². The molecule has 4 aromatic carbocycles. The Morgan fingerprint density at radius 1 is 0.567 bits per heavy atom. The molecular weight excluding hydrogens is 376 g/mol. The summed E-state index contributed by atoms with van der Waals surface area (Å²) >= 11 is 0. The molecule has 0 aliphatic rings. The fourth-order valence-electron chi connectivity index (χ4n) is 3.38. The van der Waals surface area contributed by atoms with E-state index in [4.69, 9.17) is 24.7 Å². The highest BCUT2D eigenvalue weighted by Crippen LogP contribution is 2.21. The summed E-state index contributed by atoms with van der Waals surface area (Å²) in [6.45, 7) is 5.13. The first-order chi connectivity index (χ1) is 22.4. The average Bonchev–Trinajstić information content (AvgIpc) is 3.03. The normalized spacial score (nSPS) is 20.8. The third-order valence-corrected chi connectivity index (χ3v) is 8.65. The maximum atomic E-state index is 9.34. The summed E-state index contributed by atoms with van der Waals surface area (Å²) in [5.74, 6) is 0. The third kappa shape index (κ3) is 3.90. The van der Waals surface area contributed by atoms with Crippen molar-refractivity contribution >= 4 is 28.8 Å². The standard InChI is InChI=1S/C29H30Si/c1-29(2,3)23-24-15-13-14-22-28(24)30(25-16-7-4-8-17-25,26-18-9-5-10-19-26)27-20-11-6-12-21-27/h4-22H,23H2,1-3H3/i4D,5D,6D,7D,8D,9D,10D,11D,12D,13D,14D,15D,16D,17D,18D,19D,20D,21D,22D. The Morgan fingerprint density at radius 2 is 0.933 bits per heavy atom. The van der Waals surface area contributed by atoms with Gasteiger partial charge in [-0.25, -0.2) is 0 Å². The minimum atomic E-state index is -5.70. The lowest BCUT2D eigenvalue weighted by atomic mass is 9.88. The molecule has 0 aromatic heterocycles. The lowest BCUT2D eigenvalue weighted by Gasteiger charge is -2.36. The van der Waals surface area contributed by atoms with Crippen molar-refractivity contribution in [2.45, 2.75) is 27.2 Å². The topological polar surface area (TPSA) is 0 Å². The summed E-state index contributed by atoms with van der Waals surface area (Å²) in [4.78, 5) is 0. The van der Waals surface area contributed by atoms with Crippen molar-refractivity contribution in [3.8, 4) is 0 Å². The van der Waals surface area contributed by atoms with Crippen LogP contribution in [0.2, 0.25) is 0 Å². The second-order valence-corrected chi connectivity index (χ2v) is 11.3. The van der Waals surface area contributed by atoms with Crippen molar-refractivity contribution in [2.75, 3.05) is 0 Å². The highest BCUT2D eigenvalue weighted by atomic mass is 28.3. The SMILES string of the molecule is [2H]c1c([2H])c([2H])c([Si](c2c([2H])c([2H])c([2H])c([2H])c2[2H])(c2c([2H])c([2H])c([2H])c([2H])c2[2H])c2c([2H])c([2H])c([2H])c([2H])c2CC(C)(C)C)c([2H])c1[2H]. The van der Waals surface area contributed by atoms with Gasteiger partial charge in [0.1, 0.15) is 0 Å². The Kier molecular flexibility index (Phi) is 2.16. The maximum Gasteiger partial charge on any atom is 0.179 e. The molecular formula is C29H30Si. The Hall–Kier alpha value is -2.90. The molecule has 0 saturated carbocycles. The van der Waals surface area contributed by atoms with Crippen molar-refractivity contribution in [2.24, 2.45) is 5.41 Å². The van der Waals surface area contributed by atoms with Gasteiger partial charge in [-0.2, -0.15) is 0 Å². The first-order valence-electron chi connectivity index (χ1n) is 18.7. The van der Waals surface area contributed by atoms with Crippen LogP contribution < -0.4 is 20.7 Å². The Morgan fingerprint density at radius 3 is 1.33 bits per heavy atom. The molecule has 1 heteroatoms. The second-order valence-electron chi connectivity index (χ2n) is 7.84. The van der Waals surface area contributed by atoms with Crippen LogP contribution in [-0.2, 0) is 6.42 Å². The molecule has 4 rings (SSSR count). The van der Waals surface area contributed by atoms with Gasteiger partial charge in [0, 0.05) is 0 Å². The Labute approximate surface area is 209 Å². The highest BCUT2D eigenvalue weighted by molar-refractivity contribution is 7.20.